The van der Waals surface area contributed by atoms with Crippen LogP contribution in [0.2, 0.25) is 0 Å². The van der Waals surface area contributed by atoms with Crippen molar-refractivity contribution >= 4 is 16.7 Å². The van der Waals surface area contributed by atoms with Gasteiger partial charge >= 0.3 is 6.18 Å². The first-order valence-electron chi connectivity index (χ1n) is 7.54. The van der Waals surface area contributed by atoms with E-state index in [0.717, 1.165) is 18.4 Å². The highest BCUT2D eigenvalue weighted by molar-refractivity contribution is 6.02. The lowest BCUT2D eigenvalue weighted by atomic mass is 9.83. The Morgan fingerprint density at radius 3 is 2.70 bits per heavy atom. The van der Waals surface area contributed by atoms with Crippen LogP contribution in [0, 0.1) is 0 Å². The Morgan fingerprint density at radius 1 is 1.30 bits per heavy atom. The van der Waals surface area contributed by atoms with Crippen molar-refractivity contribution in [2.24, 2.45) is 0 Å². The predicted molar refractivity (Wildman–Crippen MR) is 80.7 cm³/mol. The number of alkyl halides is 3. The monoisotopic (exact) mass is 325 g/mol. The van der Waals surface area contributed by atoms with Gasteiger partial charge in [-0.15, -0.1) is 0 Å². The number of ketones is 1. The van der Waals surface area contributed by atoms with Crippen LogP contribution in [-0.4, -0.2) is 29.2 Å². The van der Waals surface area contributed by atoms with Crippen LogP contribution in [-0.2, 0) is 4.74 Å². The van der Waals surface area contributed by atoms with Crippen molar-refractivity contribution in [2.45, 2.75) is 44.4 Å². The van der Waals surface area contributed by atoms with Gasteiger partial charge < -0.3 is 9.72 Å². The van der Waals surface area contributed by atoms with Gasteiger partial charge in [-0.05, 0) is 56.4 Å². The second-order valence-corrected chi connectivity index (χ2v) is 6.65. The number of ether oxygens (including phenoxy) is 1. The summed E-state index contributed by atoms with van der Waals surface area (Å²) >= 11 is 0. The molecule has 0 radical (unpaired) electrons. The van der Waals surface area contributed by atoms with Gasteiger partial charge in [0, 0.05) is 17.5 Å². The second-order valence-electron chi connectivity index (χ2n) is 6.65. The van der Waals surface area contributed by atoms with Crippen LogP contribution in [0.3, 0.4) is 0 Å². The van der Waals surface area contributed by atoms with Gasteiger partial charge in [0.05, 0.1) is 11.3 Å². The Labute approximate surface area is 131 Å². The lowest BCUT2D eigenvalue weighted by Crippen LogP contribution is -2.32. The first-order chi connectivity index (χ1) is 10.7. The number of aromatic amines is 1. The molecule has 23 heavy (non-hydrogen) atoms. The van der Waals surface area contributed by atoms with Gasteiger partial charge in [0.2, 0.25) is 0 Å². The molecule has 3 nitrogen and oxygen atoms in total. The third kappa shape index (κ3) is 3.27. The predicted octanol–water partition coefficient (Wildman–Crippen LogP) is 4.59. The topological polar surface area (TPSA) is 42.1 Å². The molecule has 0 unspecified atom stereocenters. The zero-order valence-electron chi connectivity index (χ0n) is 13.0. The van der Waals surface area contributed by atoms with Gasteiger partial charge in [-0.2, -0.15) is 13.2 Å². The van der Waals surface area contributed by atoms with Crippen molar-refractivity contribution in [3.8, 4) is 0 Å². The van der Waals surface area contributed by atoms with Crippen LogP contribution < -0.4 is 0 Å². The highest BCUT2D eigenvalue weighted by Gasteiger charge is 2.40. The molecule has 0 amide bonds. The van der Waals surface area contributed by atoms with Crippen molar-refractivity contribution in [2.75, 3.05) is 6.61 Å². The molecule has 1 aliphatic rings. The average molecular weight is 325 g/mol. The first-order valence-corrected chi connectivity index (χ1v) is 7.54. The van der Waals surface area contributed by atoms with Crippen molar-refractivity contribution < 1.29 is 22.7 Å². The van der Waals surface area contributed by atoms with Gasteiger partial charge in [0.15, 0.2) is 0 Å². The van der Waals surface area contributed by atoms with Crippen molar-refractivity contribution in [1.29, 1.82) is 0 Å². The number of H-pyrrole nitrogens is 1. The number of hydrogen-bond acceptors (Lipinski definition) is 2. The third-order valence-electron chi connectivity index (χ3n) is 4.32. The van der Waals surface area contributed by atoms with Crippen LogP contribution >= 0.6 is 0 Å². The summed E-state index contributed by atoms with van der Waals surface area (Å²) in [5.74, 6) is -1.54. The van der Waals surface area contributed by atoms with E-state index in [9.17, 15) is 18.0 Å². The molecular weight excluding hydrogens is 307 g/mol. The zero-order valence-corrected chi connectivity index (χ0v) is 13.0. The highest BCUT2D eigenvalue weighted by Crippen LogP contribution is 2.36. The Morgan fingerprint density at radius 2 is 2.04 bits per heavy atom. The van der Waals surface area contributed by atoms with E-state index >= 15 is 0 Å². The normalized spacial score (nSPS) is 21.5. The number of benzene rings is 1. The number of Topliss-reactive ketones (excluding diaryl/α,β-unsaturated/α-hetero) is 1. The summed E-state index contributed by atoms with van der Waals surface area (Å²) in [6.07, 6.45) is -3.13. The van der Waals surface area contributed by atoms with E-state index in [1.165, 1.54) is 6.07 Å². The molecule has 6 heteroatoms. The minimum Gasteiger partial charge on any atom is -0.376 e. The Hall–Kier alpha value is -1.82. The molecule has 0 bridgehead atoms. The molecule has 1 N–H and O–H groups in total. The minimum atomic E-state index is -4.87. The van der Waals surface area contributed by atoms with E-state index < -0.39 is 17.7 Å². The van der Waals surface area contributed by atoms with Crippen LogP contribution in [0.1, 0.15) is 48.7 Å². The Kier molecular flexibility index (Phi) is 3.75. The Balaban J connectivity index is 1.92. The molecule has 0 spiro atoms. The molecule has 1 aromatic carbocycles. The maximum absolute atomic E-state index is 12.5. The summed E-state index contributed by atoms with van der Waals surface area (Å²) < 4.78 is 43.3. The number of nitrogens with one attached hydrogen (secondary N) is 1. The van der Waals surface area contributed by atoms with Crippen molar-refractivity contribution in [3.63, 3.8) is 0 Å². The zero-order chi connectivity index (χ0) is 16.8. The number of halogens is 3. The standard InChI is InChI=1S/C17H18F3NO2/c1-16(2)9-11(5-6-23-16)10-3-4-13-12(7-10)8-14(21-13)15(22)17(18,19)20/h3-4,7-8,11,21H,5-6,9H2,1-2H3/t11-/m0/s1. The van der Waals surface area contributed by atoms with Crippen LogP contribution in [0.4, 0.5) is 13.2 Å². The Bertz CT molecular complexity index is 746. The first kappa shape index (κ1) is 16.1. The molecule has 1 fully saturated rings. The van der Waals surface area contributed by atoms with Crippen molar-refractivity contribution in [3.05, 3.63) is 35.5 Å². The number of carbonyl (C=O) groups excluding carboxylic acids is 1. The lowest BCUT2D eigenvalue weighted by molar-refractivity contribution is -0.0887. The molecule has 1 aliphatic heterocycles. The molecule has 3 rings (SSSR count). The molecule has 124 valence electrons. The summed E-state index contributed by atoms with van der Waals surface area (Å²) in [5, 5.41) is 0.624. The number of rotatable bonds is 2. The van der Waals surface area contributed by atoms with Gasteiger partial charge in [-0.1, -0.05) is 6.07 Å². The second kappa shape index (κ2) is 5.37. The molecule has 2 heterocycles. The van der Waals surface area contributed by atoms with Crippen molar-refractivity contribution in [1.82, 2.24) is 4.98 Å². The van der Waals surface area contributed by atoms with E-state index in [2.05, 4.69) is 4.98 Å². The van der Waals surface area contributed by atoms with Crippen LogP contribution in [0.15, 0.2) is 24.3 Å². The summed E-state index contributed by atoms with van der Waals surface area (Å²) in [6, 6.07) is 6.79. The summed E-state index contributed by atoms with van der Waals surface area (Å²) in [6.45, 7) is 4.74. The smallest absolute Gasteiger partial charge is 0.376 e. The van der Waals surface area contributed by atoms with Gasteiger partial charge in [-0.3, -0.25) is 4.79 Å². The summed E-state index contributed by atoms with van der Waals surface area (Å²) in [4.78, 5) is 13.9. The van der Waals surface area contributed by atoms with Gasteiger partial charge in [0.25, 0.3) is 5.78 Å². The fourth-order valence-electron chi connectivity index (χ4n) is 3.20. The van der Waals surface area contributed by atoms with E-state index in [1.807, 2.05) is 26.0 Å². The van der Waals surface area contributed by atoms with Crippen LogP contribution in [0.25, 0.3) is 10.9 Å². The quantitative estimate of drug-likeness (QED) is 0.821. The molecule has 0 saturated carbocycles. The third-order valence-corrected chi connectivity index (χ3v) is 4.32. The number of fused-ring (bicyclic) bond motifs is 1. The SMILES string of the molecule is CC1(C)C[C@@H](c2ccc3[nH]c(C(=O)C(F)(F)F)cc3c2)CCO1. The molecule has 1 atom stereocenters. The molecule has 0 aliphatic carbocycles. The van der Waals surface area contributed by atoms with E-state index in [4.69, 9.17) is 4.74 Å². The fourth-order valence-corrected chi connectivity index (χ4v) is 3.20. The molecular formula is C17H18F3NO2. The van der Waals surface area contributed by atoms with Crippen LogP contribution in [0.5, 0.6) is 0 Å². The van der Waals surface area contributed by atoms with Gasteiger partial charge in [-0.25, -0.2) is 0 Å². The van der Waals surface area contributed by atoms with E-state index in [0.29, 0.717) is 23.4 Å². The maximum atomic E-state index is 12.5. The van der Waals surface area contributed by atoms with E-state index in [-0.39, 0.29) is 5.60 Å². The minimum absolute atomic E-state index is 0.201. The molecule has 1 saturated heterocycles. The summed E-state index contributed by atoms with van der Waals surface area (Å²) in [7, 11) is 0. The molecule has 2 aromatic rings. The number of carbonyl (C=O) groups is 1. The average Bonchev–Trinajstić information content (AvgIpc) is 2.87. The fraction of sp³-hybridized carbons (Fsp3) is 0.471. The van der Waals surface area contributed by atoms with E-state index in [1.54, 1.807) is 6.07 Å². The molecule has 1 aromatic heterocycles. The largest absolute Gasteiger partial charge is 0.456 e. The summed E-state index contributed by atoms with van der Waals surface area (Å²) in [5.41, 5.74) is 0.983. The maximum Gasteiger partial charge on any atom is 0.456 e. The lowest BCUT2D eigenvalue weighted by Gasteiger charge is -2.35. The highest BCUT2D eigenvalue weighted by atomic mass is 19.4. The number of hydrogen-bond donors (Lipinski definition) is 1. The number of aromatic nitrogens is 1. The van der Waals surface area contributed by atoms with Gasteiger partial charge in [0.1, 0.15) is 0 Å².